The first-order valence-corrected chi connectivity index (χ1v) is 20.3. The zero-order valence-corrected chi connectivity index (χ0v) is 32.1. The van der Waals surface area contributed by atoms with Gasteiger partial charge in [0, 0.05) is 51.0 Å². The lowest BCUT2D eigenvalue weighted by Gasteiger charge is -2.27. The highest BCUT2D eigenvalue weighted by Gasteiger charge is 2.21. The highest BCUT2D eigenvalue weighted by molar-refractivity contribution is 6.23. The molecule has 0 N–H and O–H groups in total. The third kappa shape index (κ3) is 5.55. The number of benzene rings is 10. The van der Waals surface area contributed by atoms with Crippen LogP contribution in [-0.2, 0) is 13.0 Å². The average Bonchev–Trinajstić information content (AvgIpc) is 3.59. The van der Waals surface area contributed by atoms with Gasteiger partial charge in [0.25, 0.3) is 0 Å². The number of anilines is 3. The fourth-order valence-electron chi connectivity index (χ4n) is 9.74. The van der Waals surface area contributed by atoms with Gasteiger partial charge in [0.15, 0.2) is 0 Å². The number of hydrogen-bond acceptors (Lipinski definition) is 1. The van der Waals surface area contributed by atoms with Crippen molar-refractivity contribution in [1.29, 1.82) is 0 Å². The molecule has 0 saturated carbocycles. The molecule has 10 aromatic carbocycles. The fraction of sp³-hybridized carbons (Fsp3) is 0.0909. The molecule has 0 fully saturated rings. The minimum atomic E-state index is 0.259. The van der Waals surface area contributed by atoms with Crippen LogP contribution in [0.4, 0.5) is 17.1 Å². The van der Waals surface area contributed by atoms with Crippen molar-refractivity contribution in [2.24, 2.45) is 0 Å². The van der Waals surface area contributed by atoms with Crippen LogP contribution in [0.1, 0.15) is 36.0 Å². The molecule has 0 aliphatic heterocycles. The van der Waals surface area contributed by atoms with Gasteiger partial charge in [0.1, 0.15) is 0 Å². The van der Waals surface area contributed by atoms with E-state index in [2.05, 4.69) is 211 Å². The maximum Gasteiger partial charge on any atom is 0.0540 e. The Morgan fingerprint density at radius 2 is 1.09 bits per heavy atom. The Balaban J connectivity index is 1.02. The zero-order valence-electron chi connectivity index (χ0n) is 32.1. The van der Waals surface area contributed by atoms with Crippen LogP contribution in [0, 0.1) is 0 Å². The zero-order chi connectivity index (χ0) is 37.9. The van der Waals surface area contributed by atoms with Crippen molar-refractivity contribution in [2.45, 2.75) is 32.2 Å². The Morgan fingerprint density at radius 3 is 1.89 bits per heavy atom. The Kier molecular flexibility index (Phi) is 8.03. The number of hydrogen-bond donors (Lipinski definition) is 0. The molecule has 1 unspecified atom stereocenters. The summed E-state index contributed by atoms with van der Waals surface area (Å²) < 4.78 is 2.47. The van der Waals surface area contributed by atoms with E-state index in [1.807, 2.05) is 0 Å². The summed E-state index contributed by atoms with van der Waals surface area (Å²) in [6.45, 7) is 3.17. The Labute approximate surface area is 333 Å². The number of aryl methyl sites for hydroxylation is 2. The van der Waals surface area contributed by atoms with Gasteiger partial charge in [-0.15, -0.1) is 0 Å². The standard InChI is InChI=1S/C55H42N2/c1-2-56-51-33-24-37(23-30-45(38-13-5-3-6-14-38)47-31-27-42-26-25-40-17-11-18-41-28-32-48(47)55(42)54(40)41)35-49(51)50-36-44(29-34-52(50)56)57(43-19-7-4-8-20-43)53-22-12-16-39-15-9-10-21-46(39)53/h3-22,24-29,31-36,45H,2,23,30H2,1H3. The Hall–Kier alpha value is -6.90. The number of nitrogens with zero attached hydrogens (tertiary/aromatic N) is 2. The maximum atomic E-state index is 2.48. The second-order valence-electron chi connectivity index (χ2n) is 15.5. The largest absolute Gasteiger partial charge is 0.341 e. The quantitative estimate of drug-likeness (QED) is 0.134. The molecule has 1 heterocycles. The van der Waals surface area contributed by atoms with Gasteiger partial charge < -0.3 is 9.47 Å². The van der Waals surface area contributed by atoms with E-state index in [1.54, 1.807) is 0 Å². The highest BCUT2D eigenvalue weighted by Crippen LogP contribution is 2.43. The summed E-state index contributed by atoms with van der Waals surface area (Å²) in [4.78, 5) is 2.42. The molecular formula is C55H42N2. The maximum absolute atomic E-state index is 2.48. The summed E-state index contributed by atoms with van der Waals surface area (Å²) >= 11 is 0. The van der Waals surface area contributed by atoms with Crippen molar-refractivity contribution in [3.8, 4) is 0 Å². The monoisotopic (exact) mass is 730 g/mol. The summed E-state index contributed by atoms with van der Waals surface area (Å²) in [5, 5.41) is 13.2. The van der Waals surface area contributed by atoms with Gasteiger partial charge in [-0.25, -0.2) is 0 Å². The molecule has 11 rings (SSSR count). The predicted octanol–water partition coefficient (Wildman–Crippen LogP) is 15.1. The normalized spacial score (nSPS) is 12.4. The molecule has 1 atom stereocenters. The summed E-state index contributed by atoms with van der Waals surface area (Å²) in [5.41, 5.74) is 10.2. The predicted molar refractivity (Wildman–Crippen MR) is 244 cm³/mol. The highest BCUT2D eigenvalue weighted by atomic mass is 15.1. The van der Waals surface area contributed by atoms with Crippen molar-refractivity contribution in [2.75, 3.05) is 4.90 Å². The third-order valence-electron chi connectivity index (χ3n) is 12.4. The van der Waals surface area contributed by atoms with Crippen molar-refractivity contribution in [1.82, 2.24) is 4.57 Å². The summed E-state index contributed by atoms with van der Waals surface area (Å²) in [6.07, 6.45) is 1.99. The lowest BCUT2D eigenvalue weighted by molar-refractivity contribution is 0.720. The van der Waals surface area contributed by atoms with Gasteiger partial charge in [-0.1, -0.05) is 146 Å². The van der Waals surface area contributed by atoms with E-state index in [0.717, 1.165) is 30.8 Å². The van der Waals surface area contributed by atoms with E-state index in [0.29, 0.717) is 0 Å². The first kappa shape index (κ1) is 33.4. The van der Waals surface area contributed by atoms with Crippen LogP contribution in [0.25, 0.3) is 64.9 Å². The van der Waals surface area contributed by atoms with Crippen molar-refractivity contribution >= 4 is 82.0 Å². The van der Waals surface area contributed by atoms with Crippen LogP contribution in [0.15, 0.2) is 194 Å². The van der Waals surface area contributed by atoms with Crippen LogP contribution in [-0.4, -0.2) is 4.57 Å². The van der Waals surface area contributed by atoms with E-state index < -0.39 is 0 Å². The van der Waals surface area contributed by atoms with Gasteiger partial charge in [-0.3, -0.25) is 0 Å². The second kappa shape index (κ2) is 13.7. The average molecular weight is 731 g/mol. The van der Waals surface area contributed by atoms with E-state index in [4.69, 9.17) is 0 Å². The third-order valence-corrected chi connectivity index (χ3v) is 12.4. The second-order valence-corrected chi connectivity index (χ2v) is 15.5. The molecule has 0 radical (unpaired) electrons. The SMILES string of the molecule is CCn1c2ccc(CCC(c3ccccc3)c3ccc4ccc5cccc6ccc3c4c56)cc2c2cc(N(c3ccccc3)c3cccc4ccccc34)ccc21. The van der Waals surface area contributed by atoms with Gasteiger partial charge in [0.05, 0.1) is 5.69 Å². The van der Waals surface area contributed by atoms with Gasteiger partial charge >= 0.3 is 0 Å². The molecule has 2 heteroatoms. The molecular weight excluding hydrogens is 689 g/mol. The molecule has 0 aliphatic carbocycles. The van der Waals surface area contributed by atoms with Crippen LogP contribution < -0.4 is 4.90 Å². The van der Waals surface area contributed by atoms with E-state index in [9.17, 15) is 0 Å². The molecule has 0 bridgehead atoms. The topological polar surface area (TPSA) is 8.17 Å². The molecule has 11 aromatic rings. The van der Waals surface area contributed by atoms with Crippen molar-refractivity contribution in [3.63, 3.8) is 0 Å². The number of para-hydroxylation sites is 1. The summed E-state index contributed by atoms with van der Waals surface area (Å²) in [5.74, 6) is 0.259. The molecule has 272 valence electrons. The van der Waals surface area contributed by atoms with Gasteiger partial charge in [-0.05, 0) is 123 Å². The van der Waals surface area contributed by atoms with Crippen LogP contribution in [0.2, 0.25) is 0 Å². The number of fused-ring (bicyclic) bond motifs is 4. The first-order valence-electron chi connectivity index (χ1n) is 20.3. The van der Waals surface area contributed by atoms with E-state index >= 15 is 0 Å². The fourth-order valence-corrected chi connectivity index (χ4v) is 9.74. The van der Waals surface area contributed by atoms with Crippen molar-refractivity contribution < 1.29 is 0 Å². The molecule has 2 nitrogen and oxygen atoms in total. The van der Waals surface area contributed by atoms with Crippen molar-refractivity contribution in [3.05, 3.63) is 211 Å². The minimum absolute atomic E-state index is 0.259. The minimum Gasteiger partial charge on any atom is -0.341 e. The van der Waals surface area contributed by atoms with Crippen LogP contribution in [0.5, 0.6) is 0 Å². The molecule has 0 spiro atoms. The molecule has 0 aliphatic rings. The van der Waals surface area contributed by atoms with Gasteiger partial charge in [-0.2, -0.15) is 0 Å². The van der Waals surface area contributed by atoms with Gasteiger partial charge in [0.2, 0.25) is 0 Å². The van der Waals surface area contributed by atoms with Crippen LogP contribution >= 0.6 is 0 Å². The molecule has 0 amide bonds. The molecule has 0 saturated heterocycles. The number of rotatable bonds is 9. The van der Waals surface area contributed by atoms with E-state index in [-0.39, 0.29) is 5.92 Å². The summed E-state index contributed by atoms with van der Waals surface area (Å²) in [6, 6.07) is 72.2. The Bertz CT molecular complexity index is 3210. The molecule has 57 heavy (non-hydrogen) atoms. The smallest absolute Gasteiger partial charge is 0.0540 e. The molecule has 1 aromatic heterocycles. The first-order chi connectivity index (χ1) is 28.2. The number of aromatic nitrogens is 1. The van der Waals surface area contributed by atoms with E-state index in [1.165, 1.54) is 87.3 Å². The lowest BCUT2D eigenvalue weighted by atomic mass is 9.82. The summed E-state index contributed by atoms with van der Waals surface area (Å²) in [7, 11) is 0. The van der Waals surface area contributed by atoms with Crippen LogP contribution in [0.3, 0.4) is 0 Å². The lowest BCUT2D eigenvalue weighted by Crippen LogP contribution is -2.10. The Morgan fingerprint density at radius 1 is 0.456 bits per heavy atom.